The predicted octanol–water partition coefficient (Wildman–Crippen LogP) is 3.17. The SMILES string of the molecule is C[C@H](CCc1ccccc1)NC(=O)[C@H]1[C@H]2C=C[C@]3(CN(Cc4cccs4)C(=O)[C@@H]13)O2. The van der Waals surface area contributed by atoms with E-state index in [1.165, 1.54) is 5.56 Å². The molecule has 2 saturated heterocycles. The van der Waals surface area contributed by atoms with Crippen LogP contribution in [-0.4, -0.2) is 41.0 Å². The zero-order valence-corrected chi connectivity index (χ0v) is 17.8. The van der Waals surface area contributed by atoms with Crippen LogP contribution in [0, 0.1) is 11.8 Å². The lowest BCUT2D eigenvalue weighted by Gasteiger charge is -2.25. The molecule has 5 atom stereocenters. The third-order valence-corrected chi connectivity index (χ3v) is 7.37. The van der Waals surface area contributed by atoms with Gasteiger partial charge in [-0.1, -0.05) is 48.6 Å². The van der Waals surface area contributed by atoms with Crippen LogP contribution in [0.15, 0.2) is 60.0 Å². The molecule has 30 heavy (non-hydrogen) atoms. The lowest BCUT2D eigenvalue weighted by atomic mass is 9.76. The molecule has 0 unspecified atom stereocenters. The van der Waals surface area contributed by atoms with Crippen molar-refractivity contribution in [2.75, 3.05) is 6.54 Å². The van der Waals surface area contributed by atoms with Gasteiger partial charge in [0.05, 0.1) is 31.0 Å². The molecule has 5 nitrogen and oxygen atoms in total. The number of aryl methyl sites for hydroxylation is 1. The first-order valence-corrected chi connectivity index (χ1v) is 11.5. The molecule has 0 aliphatic carbocycles. The van der Waals surface area contributed by atoms with Gasteiger partial charge in [-0.2, -0.15) is 0 Å². The number of carbonyl (C=O) groups is 2. The van der Waals surface area contributed by atoms with E-state index in [1.807, 2.05) is 59.7 Å². The second-order valence-electron chi connectivity index (χ2n) is 8.61. The number of thiophene rings is 1. The maximum atomic E-state index is 13.2. The van der Waals surface area contributed by atoms with E-state index in [9.17, 15) is 9.59 Å². The van der Waals surface area contributed by atoms with E-state index in [4.69, 9.17) is 4.74 Å². The average Bonchev–Trinajstić information content (AvgIpc) is 3.51. The van der Waals surface area contributed by atoms with Crippen molar-refractivity contribution in [3.8, 4) is 0 Å². The van der Waals surface area contributed by atoms with Crippen LogP contribution in [0.4, 0.5) is 0 Å². The fourth-order valence-electron chi connectivity index (χ4n) is 5.04. The number of hydrogen-bond acceptors (Lipinski definition) is 4. The number of nitrogens with zero attached hydrogens (tertiary/aromatic N) is 1. The normalized spacial score (nSPS) is 30.0. The summed E-state index contributed by atoms with van der Waals surface area (Å²) in [5.74, 6) is -0.903. The first kappa shape index (κ1) is 19.5. The first-order chi connectivity index (χ1) is 14.6. The minimum Gasteiger partial charge on any atom is -0.360 e. The Balaban J connectivity index is 1.25. The number of carbonyl (C=O) groups excluding carboxylic acids is 2. The number of benzene rings is 1. The van der Waals surface area contributed by atoms with E-state index in [2.05, 4.69) is 17.4 Å². The summed E-state index contributed by atoms with van der Waals surface area (Å²) in [6, 6.07) is 14.3. The van der Waals surface area contributed by atoms with Crippen molar-refractivity contribution in [2.45, 2.75) is 44.1 Å². The van der Waals surface area contributed by atoms with Gasteiger partial charge in [-0.3, -0.25) is 9.59 Å². The molecule has 3 aliphatic heterocycles. The summed E-state index contributed by atoms with van der Waals surface area (Å²) in [7, 11) is 0. The van der Waals surface area contributed by atoms with Gasteiger partial charge < -0.3 is 15.0 Å². The zero-order valence-electron chi connectivity index (χ0n) is 17.0. The highest BCUT2D eigenvalue weighted by atomic mass is 32.1. The number of likely N-dealkylation sites (tertiary alicyclic amines) is 1. The number of fused-ring (bicyclic) bond motifs is 1. The molecule has 1 N–H and O–H groups in total. The lowest BCUT2D eigenvalue weighted by molar-refractivity contribution is -0.138. The van der Waals surface area contributed by atoms with E-state index in [0.717, 1.165) is 17.7 Å². The summed E-state index contributed by atoms with van der Waals surface area (Å²) < 4.78 is 6.22. The van der Waals surface area contributed by atoms with Gasteiger partial charge in [0, 0.05) is 10.9 Å². The Morgan fingerprint density at radius 2 is 2.13 bits per heavy atom. The van der Waals surface area contributed by atoms with Crippen LogP contribution >= 0.6 is 11.3 Å². The fraction of sp³-hybridized carbons (Fsp3) is 0.417. The highest BCUT2D eigenvalue weighted by Gasteiger charge is 2.66. The molecule has 4 heterocycles. The Kier molecular flexibility index (Phi) is 4.99. The first-order valence-electron chi connectivity index (χ1n) is 10.6. The Morgan fingerprint density at radius 1 is 1.30 bits per heavy atom. The van der Waals surface area contributed by atoms with Gasteiger partial charge in [-0.05, 0) is 36.8 Å². The van der Waals surface area contributed by atoms with E-state index < -0.39 is 17.4 Å². The van der Waals surface area contributed by atoms with Crippen molar-refractivity contribution in [1.29, 1.82) is 0 Å². The zero-order chi connectivity index (χ0) is 20.7. The molecule has 1 aromatic carbocycles. The number of amides is 2. The Bertz CT molecular complexity index is 958. The Labute approximate surface area is 180 Å². The number of hydrogen-bond donors (Lipinski definition) is 1. The number of ether oxygens (including phenoxy) is 1. The molecule has 156 valence electrons. The van der Waals surface area contributed by atoms with E-state index >= 15 is 0 Å². The third kappa shape index (κ3) is 3.38. The standard InChI is InChI=1S/C24H26N2O3S/c1-16(9-10-17-6-3-2-4-7-17)25-22(27)20-19-11-12-24(29-19)15-26(23(28)21(20)24)14-18-8-5-13-30-18/h2-8,11-13,16,19-21H,9-10,14-15H2,1H3,(H,25,27)/t16-,19-,20+,21-,24-/m1/s1. The van der Waals surface area contributed by atoms with Gasteiger partial charge >= 0.3 is 0 Å². The predicted molar refractivity (Wildman–Crippen MR) is 116 cm³/mol. The van der Waals surface area contributed by atoms with Crippen LogP contribution < -0.4 is 5.32 Å². The molecule has 6 heteroatoms. The van der Waals surface area contributed by atoms with Gasteiger partial charge in [-0.15, -0.1) is 11.3 Å². The van der Waals surface area contributed by atoms with Gasteiger partial charge in [-0.25, -0.2) is 0 Å². The van der Waals surface area contributed by atoms with Crippen molar-refractivity contribution >= 4 is 23.2 Å². The maximum absolute atomic E-state index is 13.2. The molecule has 2 amide bonds. The highest BCUT2D eigenvalue weighted by molar-refractivity contribution is 7.09. The van der Waals surface area contributed by atoms with E-state index in [1.54, 1.807) is 11.3 Å². The Morgan fingerprint density at radius 3 is 2.90 bits per heavy atom. The van der Waals surface area contributed by atoms with E-state index in [-0.39, 0.29) is 24.0 Å². The largest absolute Gasteiger partial charge is 0.360 e. The van der Waals surface area contributed by atoms with Crippen molar-refractivity contribution in [3.05, 3.63) is 70.4 Å². The van der Waals surface area contributed by atoms with Crippen LogP contribution in [0.25, 0.3) is 0 Å². The van der Waals surface area contributed by atoms with Crippen LogP contribution in [0.1, 0.15) is 23.8 Å². The lowest BCUT2D eigenvalue weighted by Crippen LogP contribution is -2.46. The monoisotopic (exact) mass is 422 g/mol. The van der Waals surface area contributed by atoms with Crippen molar-refractivity contribution in [3.63, 3.8) is 0 Å². The van der Waals surface area contributed by atoms with Gasteiger partial charge in [0.1, 0.15) is 5.60 Å². The molecular weight excluding hydrogens is 396 g/mol. The summed E-state index contributed by atoms with van der Waals surface area (Å²) in [4.78, 5) is 29.4. The van der Waals surface area contributed by atoms with Crippen LogP contribution in [0.5, 0.6) is 0 Å². The molecule has 0 saturated carbocycles. The molecule has 2 bridgehead atoms. The minimum atomic E-state index is -0.645. The van der Waals surface area contributed by atoms with Crippen molar-refractivity contribution in [2.24, 2.45) is 11.8 Å². The van der Waals surface area contributed by atoms with Gasteiger partial charge in [0.15, 0.2) is 0 Å². The fourth-order valence-corrected chi connectivity index (χ4v) is 5.76. The molecular formula is C24H26N2O3S. The quantitative estimate of drug-likeness (QED) is 0.698. The molecule has 5 rings (SSSR count). The Hall–Kier alpha value is -2.44. The highest BCUT2D eigenvalue weighted by Crippen LogP contribution is 2.52. The summed E-state index contributed by atoms with van der Waals surface area (Å²) in [5.41, 5.74) is 0.618. The molecule has 0 radical (unpaired) electrons. The van der Waals surface area contributed by atoms with Crippen LogP contribution in [-0.2, 0) is 27.3 Å². The molecule has 1 spiro atoms. The van der Waals surface area contributed by atoms with Gasteiger partial charge in [0.25, 0.3) is 0 Å². The minimum absolute atomic E-state index is 0.0346. The van der Waals surface area contributed by atoms with Crippen LogP contribution in [0.2, 0.25) is 0 Å². The average molecular weight is 423 g/mol. The second-order valence-corrected chi connectivity index (χ2v) is 9.64. The smallest absolute Gasteiger partial charge is 0.230 e. The maximum Gasteiger partial charge on any atom is 0.230 e. The van der Waals surface area contributed by atoms with Gasteiger partial charge in [0.2, 0.25) is 11.8 Å². The number of rotatable bonds is 7. The molecule has 3 aliphatic rings. The topological polar surface area (TPSA) is 58.6 Å². The number of nitrogens with one attached hydrogen (secondary N) is 1. The molecule has 2 fully saturated rings. The summed E-state index contributed by atoms with van der Waals surface area (Å²) in [5, 5.41) is 5.16. The summed E-state index contributed by atoms with van der Waals surface area (Å²) in [6.07, 6.45) is 5.45. The third-order valence-electron chi connectivity index (χ3n) is 6.51. The molecule has 1 aromatic heterocycles. The van der Waals surface area contributed by atoms with E-state index in [0.29, 0.717) is 13.1 Å². The van der Waals surface area contributed by atoms with Crippen molar-refractivity contribution < 1.29 is 14.3 Å². The summed E-state index contributed by atoms with van der Waals surface area (Å²) >= 11 is 1.64. The van der Waals surface area contributed by atoms with Crippen molar-refractivity contribution in [1.82, 2.24) is 10.2 Å². The second kappa shape index (κ2) is 7.67. The molecule has 2 aromatic rings. The van der Waals surface area contributed by atoms with Crippen LogP contribution in [0.3, 0.4) is 0 Å². The summed E-state index contributed by atoms with van der Waals surface area (Å²) in [6.45, 7) is 3.13.